The van der Waals surface area contributed by atoms with Crippen LogP contribution in [0.1, 0.15) is 24.0 Å². The molecule has 0 fully saturated rings. The fourth-order valence-electron chi connectivity index (χ4n) is 1.36. The number of hydrogen-bond donors (Lipinski definition) is 1. The molecule has 1 N–H and O–H groups in total. The van der Waals surface area contributed by atoms with E-state index in [2.05, 4.69) is 0 Å². The molecular formula is C11H15ClO2. The van der Waals surface area contributed by atoms with Crippen molar-refractivity contribution in [1.82, 2.24) is 0 Å². The molecule has 14 heavy (non-hydrogen) atoms. The number of halogens is 1. The summed E-state index contributed by atoms with van der Waals surface area (Å²) in [7, 11) is 1.59. The van der Waals surface area contributed by atoms with E-state index in [0.29, 0.717) is 10.8 Å². The predicted molar refractivity (Wildman–Crippen MR) is 58.2 cm³/mol. The highest BCUT2D eigenvalue weighted by atomic mass is 35.5. The van der Waals surface area contributed by atoms with E-state index in [1.165, 1.54) is 0 Å². The largest absolute Gasteiger partial charge is 0.495 e. The number of aliphatic hydroxyl groups excluding tert-OH is 1. The zero-order chi connectivity index (χ0) is 10.7. The van der Waals surface area contributed by atoms with Gasteiger partial charge in [0, 0.05) is 18.1 Å². The minimum atomic E-state index is 0.0445. The van der Waals surface area contributed by atoms with E-state index in [9.17, 15) is 0 Å². The van der Waals surface area contributed by atoms with Crippen LogP contribution in [0.25, 0.3) is 0 Å². The Bertz CT molecular complexity index is 323. The molecule has 0 aliphatic rings. The Hall–Kier alpha value is -0.730. The topological polar surface area (TPSA) is 29.5 Å². The van der Waals surface area contributed by atoms with Crippen LogP contribution in [-0.2, 0) is 0 Å². The van der Waals surface area contributed by atoms with Gasteiger partial charge >= 0.3 is 0 Å². The highest BCUT2D eigenvalue weighted by Gasteiger charge is 2.14. The lowest BCUT2D eigenvalue weighted by Crippen LogP contribution is -2.02. The third-order valence-corrected chi connectivity index (χ3v) is 2.80. The Balaban J connectivity index is 3.23. The van der Waals surface area contributed by atoms with Crippen molar-refractivity contribution in [3.8, 4) is 5.75 Å². The predicted octanol–water partition coefficient (Wildman–Crippen LogP) is 2.75. The molecule has 1 rings (SSSR count). The number of methoxy groups -OCH3 is 1. The molecule has 0 saturated carbocycles. The number of aliphatic hydroxyl groups is 1. The summed E-state index contributed by atoms with van der Waals surface area (Å²) in [6, 6.07) is 3.88. The molecule has 0 saturated heterocycles. The van der Waals surface area contributed by atoms with Crippen LogP contribution in [0.5, 0.6) is 5.75 Å². The first-order valence-electron chi connectivity index (χ1n) is 4.55. The van der Waals surface area contributed by atoms with E-state index in [-0.39, 0.29) is 12.5 Å². The van der Waals surface area contributed by atoms with Crippen LogP contribution in [0.2, 0.25) is 5.02 Å². The fraction of sp³-hybridized carbons (Fsp3) is 0.455. The minimum absolute atomic E-state index is 0.0445. The molecule has 3 heteroatoms. The SMILES string of the molecule is COc1c(C(C)CO)ccc(C)c1Cl. The summed E-state index contributed by atoms with van der Waals surface area (Å²) in [5, 5.41) is 9.70. The van der Waals surface area contributed by atoms with E-state index in [1.807, 2.05) is 26.0 Å². The van der Waals surface area contributed by atoms with Gasteiger partial charge in [-0.1, -0.05) is 30.7 Å². The van der Waals surface area contributed by atoms with Crippen LogP contribution >= 0.6 is 11.6 Å². The zero-order valence-corrected chi connectivity index (χ0v) is 9.43. The molecule has 0 radical (unpaired) electrons. The van der Waals surface area contributed by atoms with Gasteiger partial charge in [0.05, 0.1) is 12.1 Å². The normalized spacial score (nSPS) is 12.6. The van der Waals surface area contributed by atoms with Crippen molar-refractivity contribution in [1.29, 1.82) is 0 Å². The highest BCUT2D eigenvalue weighted by Crippen LogP contribution is 2.35. The summed E-state index contributed by atoms with van der Waals surface area (Å²) < 4.78 is 5.24. The quantitative estimate of drug-likeness (QED) is 0.839. The molecule has 1 atom stereocenters. The lowest BCUT2D eigenvalue weighted by atomic mass is 9.99. The van der Waals surface area contributed by atoms with Crippen molar-refractivity contribution in [3.63, 3.8) is 0 Å². The number of hydrogen-bond acceptors (Lipinski definition) is 2. The summed E-state index contributed by atoms with van der Waals surface area (Å²) in [4.78, 5) is 0. The van der Waals surface area contributed by atoms with Gasteiger partial charge < -0.3 is 9.84 Å². The van der Waals surface area contributed by atoms with Crippen molar-refractivity contribution in [2.45, 2.75) is 19.8 Å². The van der Waals surface area contributed by atoms with E-state index in [1.54, 1.807) is 7.11 Å². The van der Waals surface area contributed by atoms with Crippen LogP contribution in [0.3, 0.4) is 0 Å². The molecule has 0 aliphatic carbocycles. The molecule has 78 valence electrons. The summed E-state index contributed by atoms with van der Waals surface area (Å²) in [6.45, 7) is 3.96. The molecule has 0 bridgehead atoms. The van der Waals surface area contributed by atoms with Gasteiger partial charge in [-0.15, -0.1) is 0 Å². The van der Waals surface area contributed by atoms with Crippen molar-refractivity contribution < 1.29 is 9.84 Å². The summed E-state index contributed by atoms with van der Waals surface area (Å²) in [6.07, 6.45) is 0. The molecule has 2 nitrogen and oxygen atoms in total. The maximum atomic E-state index is 9.07. The lowest BCUT2D eigenvalue weighted by molar-refractivity contribution is 0.269. The lowest BCUT2D eigenvalue weighted by Gasteiger charge is -2.15. The molecule has 0 aromatic heterocycles. The third kappa shape index (κ3) is 2.02. The Labute approximate surface area is 89.5 Å². The van der Waals surface area contributed by atoms with Gasteiger partial charge in [-0.25, -0.2) is 0 Å². The second-order valence-corrected chi connectivity index (χ2v) is 3.78. The second kappa shape index (κ2) is 4.67. The van der Waals surface area contributed by atoms with Gasteiger partial charge in [0.1, 0.15) is 5.75 Å². The van der Waals surface area contributed by atoms with Crippen LogP contribution in [0.4, 0.5) is 0 Å². The van der Waals surface area contributed by atoms with Gasteiger partial charge in [0.15, 0.2) is 0 Å². The zero-order valence-electron chi connectivity index (χ0n) is 8.67. The van der Waals surface area contributed by atoms with Gasteiger partial charge in [-0.3, -0.25) is 0 Å². The fourth-order valence-corrected chi connectivity index (χ4v) is 1.61. The first kappa shape index (κ1) is 11.3. The Kier molecular flexibility index (Phi) is 3.78. The number of aryl methyl sites for hydroxylation is 1. The van der Waals surface area contributed by atoms with Crippen LogP contribution in [0, 0.1) is 6.92 Å². The van der Waals surface area contributed by atoms with Gasteiger partial charge in [0.2, 0.25) is 0 Å². The molecule has 0 heterocycles. The smallest absolute Gasteiger partial charge is 0.141 e. The van der Waals surface area contributed by atoms with Gasteiger partial charge in [-0.05, 0) is 12.5 Å². The molecule has 0 spiro atoms. The van der Waals surface area contributed by atoms with Crippen LogP contribution in [-0.4, -0.2) is 18.8 Å². The first-order valence-corrected chi connectivity index (χ1v) is 4.93. The summed E-state index contributed by atoms with van der Waals surface area (Å²) in [5.74, 6) is 0.719. The highest BCUT2D eigenvalue weighted by molar-refractivity contribution is 6.32. The maximum Gasteiger partial charge on any atom is 0.141 e. The van der Waals surface area contributed by atoms with Gasteiger partial charge in [-0.2, -0.15) is 0 Å². The standard InChI is InChI=1S/C11H15ClO2/c1-7-4-5-9(8(2)6-13)11(14-3)10(7)12/h4-5,8,13H,6H2,1-3H3. The number of rotatable bonds is 3. The first-order chi connectivity index (χ1) is 6.61. The van der Waals surface area contributed by atoms with Gasteiger partial charge in [0.25, 0.3) is 0 Å². The van der Waals surface area contributed by atoms with E-state index < -0.39 is 0 Å². The summed E-state index contributed by atoms with van der Waals surface area (Å²) >= 11 is 6.09. The second-order valence-electron chi connectivity index (χ2n) is 3.40. The maximum absolute atomic E-state index is 9.07. The van der Waals surface area contributed by atoms with Crippen molar-refractivity contribution in [2.75, 3.05) is 13.7 Å². The van der Waals surface area contributed by atoms with Crippen LogP contribution in [0.15, 0.2) is 12.1 Å². The monoisotopic (exact) mass is 214 g/mol. The Morgan fingerprint density at radius 3 is 2.64 bits per heavy atom. The van der Waals surface area contributed by atoms with Crippen molar-refractivity contribution in [3.05, 3.63) is 28.3 Å². The molecule has 0 aliphatic heterocycles. The average molecular weight is 215 g/mol. The molecule has 1 aromatic rings. The average Bonchev–Trinajstić information content (AvgIpc) is 2.20. The van der Waals surface area contributed by atoms with Crippen molar-refractivity contribution in [2.24, 2.45) is 0 Å². The molecule has 0 amide bonds. The van der Waals surface area contributed by atoms with E-state index in [4.69, 9.17) is 21.4 Å². The third-order valence-electron chi connectivity index (χ3n) is 2.33. The Morgan fingerprint density at radius 1 is 1.50 bits per heavy atom. The number of ether oxygens (including phenoxy) is 1. The number of benzene rings is 1. The van der Waals surface area contributed by atoms with E-state index >= 15 is 0 Å². The van der Waals surface area contributed by atoms with Crippen molar-refractivity contribution >= 4 is 11.6 Å². The summed E-state index contributed by atoms with van der Waals surface area (Å²) in [5.41, 5.74) is 1.93. The Morgan fingerprint density at radius 2 is 2.14 bits per heavy atom. The molecule has 1 unspecified atom stereocenters. The molecule has 1 aromatic carbocycles. The van der Waals surface area contributed by atoms with E-state index in [0.717, 1.165) is 11.1 Å². The minimum Gasteiger partial charge on any atom is -0.495 e. The molecular weight excluding hydrogens is 200 g/mol. The van der Waals surface area contributed by atoms with Crippen LogP contribution < -0.4 is 4.74 Å².